The van der Waals surface area contributed by atoms with Gasteiger partial charge in [-0.25, -0.2) is 0 Å². The van der Waals surface area contributed by atoms with Crippen molar-refractivity contribution in [3.63, 3.8) is 0 Å². The number of thioether (sulfide) groups is 1. The van der Waals surface area contributed by atoms with Crippen LogP contribution >= 0.6 is 11.8 Å². The van der Waals surface area contributed by atoms with Crippen molar-refractivity contribution in [1.29, 1.82) is 0 Å². The second kappa shape index (κ2) is 8.02. The van der Waals surface area contributed by atoms with Gasteiger partial charge < -0.3 is 10.1 Å². The average Bonchev–Trinajstić information content (AvgIpc) is 3.40. The Kier molecular flexibility index (Phi) is 5.29. The number of benzene rings is 2. The van der Waals surface area contributed by atoms with E-state index in [-0.39, 0.29) is 11.9 Å². The van der Waals surface area contributed by atoms with E-state index in [1.807, 2.05) is 55.5 Å². The molecule has 2 aromatic carbocycles. The van der Waals surface area contributed by atoms with Crippen LogP contribution in [0.2, 0.25) is 0 Å². The molecule has 1 heterocycles. The van der Waals surface area contributed by atoms with Gasteiger partial charge in [0, 0.05) is 6.04 Å². The fraction of sp³-hybridized carbons (Fsp3) is 0.300. The van der Waals surface area contributed by atoms with Crippen molar-refractivity contribution in [2.45, 2.75) is 36.2 Å². The Hall–Kier alpha value is -2.87. The molecule has 0 bridgehead atoms. The normalized spacial score (nSPS) is 14.5. The second-order valence-electron chi connectivity index (χ2n) is 6.74. The predicted octanol–water partition coefficient (Wildman–Crippen LogP) is 3.09. The summed E-state index contributed by atoms with van der Waals surface area (Å²) in [6, 6.07) is 15.8. The molecule has 0 radical (unpaired) electrons. The molecule has 1 fully saturated rings. The number of hydrogen-bond acceptors (Lipinski definition) is 6. The minimum Gasteiger partial charge on any atom is -0.494 e. The number of amides is 1. The van der Waals surface area contributed by atoms with E-state index in [1.165, 1.54) is 11.8 Å². The van der Waals surface area contributed by atoms with Gasteiger partial charge in [-0.15, -0.1) is 5.10 Å². The zero-order valence-electron chi connectivity index (χ0n) is 15.7. The summed E-state index contributed by atoms with van der Waals surface area (Å²) in [6.45, 7) is 2.00. The minimum atomic E-state index is -0.442. The summed E-state index contributed by atoms with van der Waals surface area (Å²) >= 11 is 1.33. The highest BCUT2D eigenvalue weighted by Crippen LogP contribution is 2.37. The molecule has 0 aliphatic heterocycles. The molecule has 1 N–H and O–H groups in total. The van der Waals surface area contributed by atoms with E-state index in [0.717, 1.165) is 29.7 Å². The van der Waals surface area contributed by atoms with Gasteiger partial charge in [0.15, 0.2) is 0 Å². The number of carbonyl (C=O) groups is 1. The molecule has 8 heteroatoms. The topological polar surface area (TPSA) is 81.9 Å². The molecule has 0 saturated heterocycles. The molecular formula is C20H21N5O2S. The Bertz CT molecular complexity index is 972. The van der Waals surface area contributed by atoms with Gasteiger partial charge in [0.05, 0.1) is 7.11 Å². The third-order valence-electron chi connectivity index (χ3n) is 4.49. The molecular weight excluding hydrogens is 374 g/mol. The van der Waals surface area contributed by atoms with Crippen LogP contribution in [0.1, 0.15) is 29.2 Å². The fourth-order valence-electron chi connectivity index (χ4n) is 2.88. The SMILES string of the molecule is COc1ccc(C)cc1-n1nnnc1S[C@@H](C(=O)NC1CC1)c1ccccc1. The molecule has 0 spiro atoms. The van der Waals surface area contributed by atoms with Crippen molar-refractivity contribution < 1.29 is 9.53 Å². The highest BCUT2D eigenvalue weighted by Gasteiger charge is 2.30. The fourth-order valence-corrected chi connectivity index (χ4v) is 3.88. The number of rotatable bonds is 7. The number of carbonyl (C=O) groups excluding carboxylic acids is 1. The lowest BCUT2D eigenvalue weighted by atomic mass is 10.1. The number of aromatic nitrogens is 4. The molecule has 4 rings (SSSR count). The monoisotopic (exact) mass is 395 g/mol. The van der Waals surface area contributed by atoms with Crippen LogP contribution in [0, 0.1) is 6.92 Å². The van der Waals surface area contributed by atoms with Crippen molar-refractivity contribution in [3.8, 4) is 11.4 Å². The molecule has 1 amide bonds. The number of nitrogens with zero attached hydrogens (tertiary/aromatic N) is 4. The van der Waals surface area contributed by atoms with Crippen LogP contribution in [0.4, 0.5) is 0 Å². The third kappa shape index (κ3) is 4.01. The average molecular weight is 395 g/mol. The van der Waals surface area contributed by atoms with Gasteiger partial charge in [0.1, 0.15) is 16.7 Å². The van der Waals surface area contributed by atoms with Crippen molar-refractivity contribution in [1.82, 2.24) is 25.5 Å². The Balaban J connectivity index is 1.68. The molecule has 144 valence electrons. The summed E-state index contributed by atoms with van der Waals surface area (Å²) < 4.78 is 7.09. The Morgan fingerprint density at radius 2 is 2.04 bits per heavy atom. The van der Waals surface area contributed by atoms with Gasteiger partial charge in [0.25, 0.3) is 0 Å². The summed E-state index contributed by atoms with van der Waals surface area (Å²) in [5.41, 5.74) is 2.72. The van der Waals surface area contributed by atoms with E-state index in [9.17, 15) is 4.79 Å². The first-order valence-corrected chi connectivity index (χ1v) is 9.99. The molecule has 3 aromatic rings. The van der Waals surface area contributed by atoms with Gasteiger partial charge in [-0.3, -0.25) is 4.79 Å². The molecule has 1 aromatic heterocycles. The Labute approximate surface area is 167 Å². The van der Waals surface area contributed by atoms with Crippen LogP contribution in [0.15, 0.2) is 53.7 Å². The number of nitrogens with one attached hydrogen (secondary N) is 1. The van der Waals surface area contributed by atoms with E-state index < -0.39 is 5.25 Å². The van der Waals surface area contributed by atoms with Gasteiger partial charge >= 0.3 is 0 Å². The molecule has 1 aliphatic rings. The van der Waals surface area contributed by atoms with Gasteiger partial charge in [0.2, 0.25) is 11.1 Å². The number of methoxy groups -OCH3 is 1. The van der Waals surface area contributed by atoms with Crippen LogP contribution < -0.4 is 10.1 Å². The molecule has 28 heavy (non-hydrogen) atoms. The molecule has 1 aliphatic carbocycles. The van der Waals surface area contributed by atoms with Crippen molar-refractivity contribution in [2.75, 3.05) is 7.11 Å². The Morgan fingerprint density at radius 3 is 2.75 bits per heavy atom. The zero-order valence-corrected chi connectivity index (χ0v) is 16.5. The molecule has 1 atom stereocenters. The second-order valence-corrected chi connectivity index (χ2v) is 7.81. The first kappa shape index (κ1) is 18.5. The highest BCUT2D eigenvalue weighted by molar-refractivity contribution is 8.00. The first-order valence-electron chi connectivity index (χ1n) is 9.11. The van der Waals surface area contributed by atoms with Crippen LogP contribution in [0.25, 0.3) is 5.69 Å². The Morgan fingerprint density at radius 1 is 1.25 bits per heavy atom. The lowest BCUT2D eigenvalue weighted by Gasteiger charge is -2.17. The van der Waals surface area contributed by atoms with E-state index in [0.29, 0.717) is 10.9 Å². The predicted molar refractivity (Wildman–Crippen MR) is 107 cm³/mol. The van der Waals surface area contributed by atoms with E-state index in [2.05, 4.69) is 20.8 Å². The van der Waals surface area contributed by atoms with Crippen molar-refractivity contribution in [3.05, 3.63) is 59.7 Å². The van der Waals surface area contributed by atoms with Crippen LogP contribution in [-0.4, -0.2) is 39.3 Å². The summed E-state index contributed by atoms with van der Waals surface area (Å²) in [5, 5.41) is 15.3. The largest absolute Gasteiger partial charge is 0.494 e. The lowest BCUT2D eigenvalue weighted by Crippen LogP contribution is -2.30. The van der Waals surface area contributed by atoms with Crippen LogP contribution in [0.5, 0.6) is 5.75 Å². The van der Waals surface area contributed by atoms with Gasteiger partial charge in [-0.1, -0.05) is 48.2 Å². The minimum absolute atomic E-state index is 0.0237. The summed E-state index contributed by atoms with van der Waals surface area (Å²) in [4.78, 5) is 12.9. The summed E-state index contributed by atoms with van der Waals surface area (Å²) in [6.07, 6.45) is 2.08. The lowest BCUT2D eigenvalue weighted by molar-refractivity contribution is -0.120. The first-order chi connectivity index (χ1) is 13.7. The maximum absolute atomic E-state index is 12.9. The quantitative estimate of drug-likeness (QED) is 0.619. The van der Waals surface area contributed by atoms with Crippen molar-refractivity contribution >= 4 is 17.7 Å². The zero-order chi connectivity index (χ0) is 19.5. The molecule has 7 nitrogen and oxygen atoms in total. The maximum atomic E-state index is 12.9. The molecule has 1 saturated carbocycles. The van der Waals surface area contributed by atoms with E-state index in [4.69, 9.17) is 4.74 Å². The summed E-state index contributed by atoms with van der Waals surface area (Å²) in [7, 11) is 1.61. The number of aryl methyl sites for hydroxylation is 1. The maximum Gasteiger partial charge on any atom is 0.238 e. The summed E-state index contributed by atoms with van der Waals surface area (Å²) in [5.74, 6) is 0.642. The third-order valence-corrected chi connectivity index (χ3v) is 5.68. The highest BCUT2D eigenvalue weighted by atomic mass is 32.2. The van der Waals surface area contributed by atoms with Crippen LogP contribution in [0.3, 0.4) is 0 Å². The van der Waals surface area contributed by atoms with E-state index in [1.54, 1.807) is 11.8 Å². The van der Waals surface area contributed by atoms with Crippen LogP contribution in [-0.2, 0) is 4.79 Å². The number of tetrazole rings is 1. The van der Waals surface area contributed by atoms with Gasteiger partial charge in [-0.05, 0) is 53.5 Å². The number of hydrogen-bond donors (Lipinski definition) is 1. The van der Waals surface area contributed by atoms with Crippen molar-refractivity contribution in [2.24, 2.45) is 0 Å². The number of ether oxygens (including phenoxy) is 1. The molecule has 0 unspecified atom stereocenters. The smallest absolute Gasteiger partial charge is 0.238 e. The van der Waals surface area contributed by atoms with Gasteiger partial charge in [-0.2, -0.15) is 4.68 Å². The van der Waals surface area contributed by atoms with E-state index >= 15 is 0 Å². The standard InChI is InChI=1S/C20H21N5O2S/c1-13-8-11-17(27-2)16(12-13)25-20(22-23-24-25)28-18(14-6-4-3-5-7-14)19(26)21-15-9-10-15/h3-8,11-12,15,18H,9-10H2,1-2H3,(H,21,26)/t18-/m1/s1.